The van der Waals surface area contributed by atoms with Crippen LogP contribution in [0.4, 0.5) is 5.69 Å². The lowest BCUT2D eigenvalue weighted by molar-refractivity contribution is 0.102. The number of aromatic nitrogens is 2. The van der Waals surface area contributed by atoms with E-state index < -0.39 is 0 Å². The molecule has 4 nitrogen and oxygen atoms in total. The van der Waals surface area contributed by atoms with Gasteiger partial charge in [-0.1, -0.05) is 18.2 Å². The lowest BCUT2D eigenvalue weighted by atomic mass is 10.2. The minimum absolute atomic E-state index is 0.0988. The molecular formula is C18H17N3O. The molecule has 1 heterocycles. The van der Waals surface area contributed by atoms with Gasteiger partial charge in [0.1, 0.15) is 5.82 Å². The van der Waals surface area contributed by atoms with Gasteiger partial charge in [-0.25, -0.2) is 4.98 Å². The van der Waals surface area contributed by atoms with E-state index in [1.54, 1.807) is 12.1 Å². The standard InChI is InChI=1S/C18H17N3O/c1-21-16-10-9-14(11-15(16)20-17(21)12-7-8-12)19-18(22)13-5-3-2-4-6-13/h2-6,9-12H,7-8H2,1H3,(H,19,22). The van der Waals surface area contributed by atoms with Crippen LogP contribution in [0, 0.1) is 0 Å². The first-order valence-corrected chi connectivity index (χ1v) is 7.55. The quantitative estimate of drug-likeness (QED) is 0.799. The number of benzene rings is 2. The minimum Gasteiger partial charge on any atom is -0.331 e. The third-order valence-electron chi connectivity index (χ3n) is 4.15. The van der Waals surface area contributed by atoms with Gasteiger partial charge in [0.25, 0.3) is 5.91 Å². The van der Waals surface area contributed by atoms with E-state index in [1.807, 2.05) is 36.4 Å². The largest absolute Gasteiger partial charge is 0.331 e. The fourth-order valence-electron chi connectivity index (χ4n) is 2.80. The Labute approximate surface area is 128 Å². The van der Waals surface area contributed by atoms with Crippen molar-refractivity contribution in [1.82, 2.24) is 9.55 Å². The maximum absolute atomic E-state index is 12.2. The molecule has 0 spiro atoms. The molecule has 4 heteroatoms. The second-order valence-electron chi connectivity index (χ2n) is 5.83. The number of aryl methyl sites for hydroxylation is 1. The molecule has 1 fully saturated rings. The Morgan fingerprint density at radius 3 is 2.68 bits per heavy atom. The topological polar surface area (TPSA) is 46.9 Å². The predicted molar refractivity (Wildman–Crippen MR) is 87.1 cm³/mol. The summed E-state index contributed by atoms with van der Waals surface area (Å²) >= 11 is 0. The summed E-state index contributed by atoms with van der Waals surface area (Å²) in [4.78, 5) is 16.9. The van der Waals surface area contributed by atoms with Crippen LogP contribution in [0.1, 0.15) is 34.9 Å². The Morgan fingerprint density at radius 1 is 1.18 bits per heavy atom. The van der Waals surface area contributed by atoms with Crippen LogP contribution in [0.3, 0.4) is 0 Å². The zero-order valence-corrected chi connectivity index (χ0v) is 12.4. The number of hydrogen-bond acceptors (Lipinski definition) is 2. The van der Waals surface area contributed by atoms with Gasteiger partial charge < -0.3 is 9.88 Å². The van der Waals surface area contributed by atoms with Crippen LogP contribution in [-0.4, -0.2) is 15.5 Å². The second kappa shape index (κ2) is 4.98. The molecule has 3 aromatic rings. The highest BCUT2D eigenvalue weighted by Crippen LogP contribution is 2.40. The normalized spacial score (nSPS) is 14.2. The number of hydrogen-bond donors (Lipinski definition) is 1. The smallest absolute Gasteiger partial charge is 0.255 e. The number of carbonyl (C=O) groups excluding carboxylic acids is 1. The monoisotopic (exact) mass is 291 g/mol. The van der Waals surface area contributed by atoms with E-state index in [0.717, 1.165) is 22.5 Å². The van der Waals surface area contributed by atoms with Gasteiger partial charge >= 0.3 is 0 Å². The van der Waals surface area contributed by atoms with E-state index >= 15 is 0 Å². The molecule has 1 N–H and O–H groups in total. The average Bonchev–Trinajstić information content (AvgIpc) is 3.33. The highest BCUT2D eigenvalue weighted by molar-refractivity contribution is 6.04. The first-order valence-electron chi connectivity index (χ1n) is 7.55. The fraction of sp³-hybridized carbons (Fsp3) is 0.222. The fourth-order valence-corrected chi connectivity index (χ4v) is 2.80. The van der Waals surface area contributed by atoms with Crippen molar-refractivity contribution in [1.29, 1.82) is 0 Å². The number of imidazole rings is 1. The number of rotatable bonds is 3. The summed E-state index contributed by atoms with van der Waals surface area (Å²) in [5.41, 5.74) is 3.49. The number of amides is 1. The van der Waals surface area contributed by atoms with Gasteiger partial charge in [0, 0.05) is 24.2 Å². The van der Waals surface area contributed by atoms with E-state index in [-0.39, 0.29) is 5.91 Å². The van der Waals surface area contributed by atoms with E-state index in [4.69, 9.17) is 4.98 Å². The van der Waals surface area contributed by atoms with Gasteiger partial charge in [-0.3, -0.25) is 4.79 Å². The molecule has 0 atom stereocenters. The van der Waals surface area contributed by atoms with Gasteiger partial charge in [0.2, 0.25) is 0 Å². The van der Waals surface area contributed by atoms with E-state index in [1.165, 1.54) is 12.8 Å². The molecule has 2 aromatic carbocycles. The third-order valence-corrected chi connectivity index (χ3v) is 4.15. The first kappa shape index (κ1) is 13.1. The number of nitrogens with one attached hydrogen (secondary N) is 1. The van der Waals surface area contributed by atoms with Crippen molar-refractivity contribution in [2.24, 2.45) is 7.05 Å². The number of anilines is 1. The first-order chi connectivity index (χ1) is 10.7. The highest BCUT2D eigenvalue weighted by Gasteiger charge is 2.28. The Balaban J connectivity index is 1.64. The summed E-state index contributed by atoms with van der Waals surface area (Å²) in [5, 5.41) is 2.94. The molecule has 110 valence electrons. The van der Waals surface area contributed by atoms with Gasteiger partial charge in [-0.05, 0) is 43.2 Å². The minimum atomic E-state index is -0.0988. The molecule has 0 aliphatic heterocycles. The van der Waals surface area contributed by atoms with Crippen LogP contribution in [0.15, 0.2) is 48.5 Å². The van der Waals surface area contributed by atoms with Crippen molar-refractivity contribution in [3.63, 3.8) is 0 Å². The molecule has 0 unspecified atom stereocenters. The summed E-state index contributed by atoms with van der Waals surface area (Å²) in [6, 6.07) is 15.1. The molecule has 0 radical (unpaired) electrons. The van der Waals surface area contributed by atoms with Crippen LogP contribution in [0.2, 0.25) is 0 Å². The Bertz CT molecular complexity index is 847. The summed E-state index contributed by atoms with van der Waals surface area (Å²) < 4.78 is 2.16. The average molecular weight is 291 g/mol. The molecule has 1 amide bonds. The molecule has 1 aliphatic rings. The molecule has 0 bridgehead atoms. The van der Waals surface area contributed by atoms with E-state index in [9.17, 15) is 4.79 Å². The number of nitrogens with zero attached hydrogens (tertiary/aromatic N) is 2. The van der Waals surface area contributed by atoms with Gasteiger partial charge in [-0.15, -0.1) is 0 Å². The molecule has 0 saturated heterocycles. The summed E-state index contributed by atoms with van der Waals surface area (Å²) in [7, 11) is 2.06. The van der Waals surface area contributed by atoms with Crippen molar-refractivity contribution < 1.29 is 4.79 Å². The SMILES string of the molecule is Cn1c(C2CC2)nc2cc(NC(=O)c3ccccc3)ccc21. The summed E-state index contributed by atoms with van der Waals surface area (Å²) in [5.74, 6) is 1.67. The number of carbonyl (C=O) groups is 1. The van der Waals surface area contributed by atoms with Crippen molar-refractivity contribution in [3.8, 4) is 0 Å². The van der Waals surface area contributed by atoms with Crippen molar-refractivity contribution in [2.45, 2.75) is 18.8 Å². The van der Waals surface area contributed by atoms with Crippen LogP contribution < -0.4 is 5.32 Å². The molecule has 1 aliphatic carbocycles. The molecule has 1 saturated carbocycles. The van der Waals surface area contributed by atoms with Gasteiger partial charge in [0.15, 0.2) is 0 Å². The Hall–Kier alpha value is -2.62. The maximum Gasteiger partial charge on any atom is 0.255 e. The summed E-state index contributed by atoms with van der Waals surface area (Å²) in [6.07, 6.45) is 2.46. The van der Waals surface area contributed by atoms with Crippen LogP contribution in [-0.2, 0) is 7.05 Å². The van der Waals surface area contributed by atoms with Gasteiger partial charge in [-0.2, -0.15) is 0 Å². The molecule has 1 aromatic heterocycles. The highest BCUT2D eigenvalue weighted by atomic mass is 16.1. The van der Waals surface area contributed by atoms with Crippen molar-refractivity contribution >= 4 is 22.6 Å². The van der Waals surface area contributed by atoms with Crippen molar-refractivity contribution in [3.05, 3.63) is 59.9 Å². The predicted octanol–water partition coefficient (Wildman–Crippen LogP) is 3.70. The second-order valence-corrected chi connectivity index (χ2v) is 5.83. The number of fused-ring (bicyclic) bond motifs is 1. The van der Waals surface area contributed by atoms with Crippen LogP contribution in [0.5, 0.6) is 0 Å². The van der Waals surface area contributed by atoms with Crippen LogP contribution in [0.25, 0.3) is 11.0 Å². The molecular weight excluding hydrogens is 274 g/mol. The lowest BCUT2D eigenvalue weighted by Crippen LogP contribution is -2.11. The van der Waals surface area contributed by atoms with Crippen molar-refractivity contribution in [2.75, 3.05) is 5.32 Å². The Kier molecular flexibility index (Phi) is 2.96. The molecule has 22 heavy (non-hydrogen) atoms. The van der Waals surface area contributed by atoms with E-state index in [2.05, 4.69) is 16.9 Å². The maximum atomic E-state index is 12.2. The van der Waals surface area contributed by atoms with Crippen LogP contribution >= 0.6 is 0 Å². The Morgan fingerprint density at radius 2 is 1.95 bits per heavy atom. The third kappa shape index (κ3) is 2.26. The lowest BCUT2D eigenvalue weighted by Gasteiger charge is -2.05. The summed E-state index contributed by atoms with van der Waals surface area (Å²) in [6.45, 7) is 0. The zero-order chi connectivity index (χ0) is 15.1. The zero-order valence-electron chi connectivity index (χ0n) is 12.4. The molecule has 4 rings (SSSR count). The van der Waals surface area contributed by atoms with Gasteiger partial charge in [0.05, 0.1) is 11.0 Å². The van der Waals surface area contributed by atoms with E-state index in [0.29, 0.717) is 11.5 Å².